The van der Waals surface area contributed by atoms with Crippen LogP contribution in [0.2, 0.25) is 0 Å². The van der Waals surface area contributed by atoms with Crippen molar-refractivity contribution in [2.45, 2.75) is 18.8 Å². The Labute approximate surface area is 127 Å². The van der Waals surface area contributed by atoms with Crippen LogP contribution in [0.25, 0.3) is 11.0 Å². The van der Waals surface area contributed by atoms with E-state index in [-0.39, 0.29) is 5.91 Å². The molecule has 0 atom stereocenters. The Kier molecular flexibility index (Phi) is 4.36. The molecule has 1 amide bonds. The third-order valence-corrected chi connectivity index (χ3v) is 3.90. The number of morpholine rings is 1. The number of carbonyl (C=O) groups excluding carboxylic acids is 1. The van der Waals surface area contributed by atoms with Gasteiger partial charge in [0.2, 0.25) is 5.91 Å². The molecule has 6 nitrogen and oxygen atoms in total. The molecule has 1 aliphatic heterocycles. The standard InChI is InChI=1S/C14H17ClN4O2/c15-9-13-17-11-10-16-3-1-12(11)19(13)4-2-14(20)18-5-7-21-8-6-18/h1,3,10H,2,4-9H2. The Balaban J connectivity index is 1.73. The van der Waals surface area contributed by atoms with Gasteiger partial charge in [-0.05, 0) is 6.07 Å². The van der Waals surface area contributed by atoms with E-state index in [0.29, 0.717) is 45.1 Å². The first-order chi connectivity index (χ1) is 10.3. The van der Waals surface area contributed by atoms with Crippen LogP contribution in [0.1, 0.15) is 12.2 Å². The smallest absolute Gasteiger partial charge is 0.224 e. The summed E-state index contributed by atoms with van der Waals surface area (Å²) in [5, 5.41) is 0. The van der Waals surface area contributed by atoms with Gasteiger partial charge in [0.1, 0.15) is 11.3 Å². The van der Waals surface area contributed by atoms with Crippen molar-refractivity contribution in [3.8, 4) is 0 Å². The SMILES string of the molecule is O=C(CCn1c(CCl)nc2cnccc21)N1CCOCC1. The Morgan fingerprint density at radius 3 is 2.95 bits per heavy atom. The summed E-state index contributed by atoms with van der Waals surface area (Å²) in [5.74, 6) is 1.24. The number of aryl methyl sites for hydroxylation is 1. The number of fused-ring (bicyclic) bond motifs is 1. The van der Waals surface area contributed by atoms with E-state index in [1.54, 1.807) is 12.4 Å². The average Bonchev–Trinajstić information content (AvgIpc) is 2.91. The lowest BCUT2D eigenvalue weighted by Crippen LogP contribution is -2.41. The zero-order valence-electron chi connectivity index (χ0n) is 11.7. The van der Waals surface area contributed by atoms with Gasteiger partial charge in [0.05, 0.1) is 30.8 Å². The third-order valence-electron chi connectivity index (χ3n) is 3.66. The highest BCUT2D eigenvalue weighted by molar-refractivity contribution is 6.16. The van der Waals surface area contributed by atoms with E-state index in [4.69, 9.17) is 16.3 Å². The molecule has 112 valence electrons. The van der Waals surface area contributed by atoms with E-state index in [0.717, 1.165) is 16.9 Å². The van der Waals surface area contributed by atoms with E-state index in [1.165, 1.54) is 0 Å². The highest BCUT2D eigenvalue weighted by Crippen LogP contribution is 2.17. The Bertz CT molecular complexity index is 637. The van der Waals surface area contributed by atoms with Crippen LogP contribution in [0.3, 0.4) is 0 Å². The van der Waals surface area contributed by atoms with Crippen LogP contribution in [-0.4, -0.2) is 51.6 Å². The number of pyridine rings is 1. The molecule has 7 heteroatoms. The number of amides is 1. The van der Waals surface area contributed by atoms with Gasteiger partial charge in [0.25, 0.3) is 0 Å². The highest BCUT2D eigenvalue weighted by Gasteiger charge is 2.18. The first kappa shape index (κ1) is 14.3. The molecule has 0 aromatic carbocycles. The third kappa shape index (κ3) is 3.01. The summed E-state index contributed by atoms with van der Waals surface area (Å²) in [6.07, 6.45) is 3.88. The predicted octanol–water partition coefficient (Wildman–Crippen LogP) is 1.42. The number of carbonyl (C=O) groups is 1. The van der Waals surface area contributed by atoms with Crippen molar-refractivity contribution in [3.63, 3.8) is 0 Å². The average molecular weight is 309 g/mol. The van der Waals surface area contributed by atoms with Crippen molar-refractivity contribution >= 4 is 28.5 Å². The summed E-state index contributed by atoms with van der Waals surface area (Å²) in [4.78, 5) is 22.6. The van der Waals surface area contributed by atoms with Crippen LogP contribution in [0.15, 0.2) is 18.5 Å². The molecule has 0 spiro atoms. The quantitative estimate of drug-likeness (QED) is 0.802. The second-order valence-corrected chi connectivity index (χ2v) is 5.19. The van der Waals surface area contributed by atoms with Gasteiger partial charge in [-0.15, -0.1) is 11.6 Å². The van der Waals surface area contributed by atoms with Gasteiger partial charge in [-0.25, -0.2) is 4.98 Å². The molecule has 0 unspecified atom stereocenters. The van der Waals surface area contributed by atoms with Crippen LogP contribution >= 0.6 is 11.6 Å². The molecular weight excluding hydrogens is 292 g/mol. The zero-order valence-corrected chi connectivity index (χ0v) is 12.4. The lowest BCUT2D eigenvalue weighted by Gasteiger charge is -2.27. The van der Waals surface area contributed by atoms with Crippen LogP contribution in [-0.2, 0) is 22.0 Å². The lowest BCUT2D eigenvalue weighted by molar-refractivity contribution is -0.135. The lowest BCUT2D eigenvalue weighted by atomic mass is 10.3. The van der Waals surface area contributed by atoms with Gasteiger partial charge >= 0.3 is 0 Å². The summed E-state index contributed by atoms with van der Waals surface area (Å²) < 4.78 is 7.26. The van der Waals surface area contributed by atoms with E-state index < -0.39 is 0 Å². The summed E-state index contributed by atoms with van der Waals surface area (Å²) >= 11 is 5.95. The molecule has 3 rings (SSSR count). The van der Waals surface area contributed by atoms with Gasteiger partial charge in [-0.1, -0.05) is 0 Å². The first-order valence-corrected chi connectivity index (χ1v) is 7.53. The monoisotopic (exact) mass is 308 g/mol. The molecule has 0 radical (unpaired) electrons. The van der Waals surface area contributed by atoms with Gasteiger partial charge in [0, 0.05) is 32.3 Å². The number of halogens is 1. The molecule has 2 aromatic heterocycles. The van der Waals surface area contributed by atoms with E-state index >= 15 is 0 Å². The zero-order chi connectivity index (χ0) is 14.7. The van der Waals surface area contributed by atoms with Gasteiger partial charge in [0.15, 0.2) is 0 Å². The molecule has 0 aliphatic carbocycles. The second-order valence-electron chi connectivity index (χ2n) is 4.92. The maximum atomic E-state index is 12.2. The number of ether oxygens (including phenoxy) is 1. The van der Waals surface area contributed by atoms with Crippen LogP contribution < -0.4 is 0 Å². The fraction of sp³-hybridized carbons (Fsp3) is 0.500. The predicted molar refractivity (Wildman–Crippen MR) is 79.1 cm³/mol. The van der Waals surface area contributed by atoms with Crippen molar-refractivity contribution in [1.29, 1.82) is 0 Å². The highest BCUT2D eigenvalue weighted by atomic mass is 35.5. The van der Waals surface area contributed by atoms with Crippen LogP contribution in [0, 0.1) is 0 Å². The number of alkyl halides is 1. The molecule has 0 N–H and O–H groups in total. The summed E-state index contributed by atoms with van der Waals surface area (Å²) in [7, 11) is 0. The second kappa shape index (κ2) is 6.41. The maximum absolute atomic E-state index is 12.2. The number of hydrogen-bond donors (Lipinski definition) is 0. The number of hydrogen-bond acceptors (Lipinski definition) is 4. The topological polar surface area (TPSA) is 60.2 Å². The molecule has 3 heterocycles. The summed E-state index contributed by atoms with van der Waals surface area (Å²) in [6.45, 7) is 3.18. The van der Waals surface area contributed by atoms with Crippen molar-refractivity contribution in [2.75, 3.05) is 26.3 Å². The number of nitrogens with zero attached hydrogens (tertiary/aromatic N) is 4. The van der Waals surface area contributed by atoms with Gasteiger partial charge in [-0.2, -0.15) is 0 Å². The van der Waals surface area contributed by atoms with Gasteiger partial charge < -0.3 is 14.2 Å². The van der Waals surface area contributed by atoms with E-state index in [1.807, 2.05) is 15.5 Å². The fourth-order valence-electron chi connectivity index (χ4n) is 2.56. The first-order valence-electron chi connectivity index (χ1n) is 7.00. The molecule has 1 saturated heterocycles. The van der Waals surface area contributed by atoms with Crippen molar-refractivity contribution in [2.24, 2.45) is 0 Å². The summed E-state index contributed by atoms with van der Waals surface area (Å²) in [6, 6.07) is 1.90. The van der Waals surface area contributed by atoms with E-state index in [9.17, 15) is 4.79 Å². The number of rotatable bonds is 4. The molecule has 1 aliphatic rings. The molecule has 0 saturated carbocycles. The minimum absolute atomic E-state index is 0.148. The minimum atomic E-state index is 0.148. The molecule has 1 fully saturated rings. The Hall–Kier alpha value is -1.66. The molecule has 2 aromatic rings. The van der Waals surface area contributed by atoms with Crippen LogP contribution in [0.5, 0.6) is 0 Å². The van der Waals surface area contributed by atoms with Crippen molar-refractivity contribution < 1.29 is 9.53 Å². The van der Waals surface area contributed by atoms with Crippen molar-refractivity contribution in [3.05, 3.63) is 24.3 Å². The molecule has 0 bridgehead atoms. The number of imidazole rings is 1. The van der Waals surface area contributed by atoms with Crippen molar-refractivity contribution in [1.82, 2.24) is 19.4 Å². The molecular formula is C14H17ClN4O2. The molecule has 21 heavy (non-hydrogen) atoms. The number of aromatic nitrogens is 3. The Morgan fingerprint density at radius 1 is 1.38 bits per heavy atom. The Morgan fingerprint density at radius 2 is 2.19 bits per heavy atom. The normalized spacial score (nSPS) is 15.6. The van der Waals surface area contributed by atoms with Gasteiger partial charge in [-0.3, -0.25) is 9.78 Å². The van der Waals surface area contributed by atoms with Crippen LogP contribution in [0.4, 0.5) is 0 Å². The minimum Gasteiger partial charge on any atom is -0.378 e. The summed E-state index contributed by atoms with van der Waals surface area (Å²) in [5.41, 5.74) is 1.78. The maximum Gasteiger partial charge on any atom is 0.224 e. The van der Waals surface area contributed by atoms with E-state index in [2.05, 4.69) is 9.97 Å². The largest absolute Gasteiger partial charge is 0.378 e. The fourth-order valence-corrected chi connectivity index (χ4v) is 2.77.